The summed E-state index contributed by atoms with van der Waals surface area (Å²) < 4.78 is 5.86. The van der Waals surface area contributed by atoms with Crippen LogP contribution in [0.2, 0.25) is 0 Å². The van der Waals surface area contributed by atoms with Crippen LogP contribution >= 0.6 is 0 Å². The van der Waals surface area contributed by atoms with Crippen molar-refractivity contribution in [2.24, 2.45) is 5.84 Å². The number of hydrogen-bond acceptors (Lipinski definition) is 6. The Bertz CT molecular complexity index is 395. The molecule has 6 heteroatoms. The molecule has 1 aromatic heterocycles. The van der Waals surface area contributed by atoms with Gasteiger partial charge in [-0.3, -0.25) is 5.43 Å². The van der Waals surface area contributed by atoms with Gasteiger partial charge < -0.3 is 9.64 Å². The first-order valence-electron chi connectivity index (χ1n) is 5.72. The molecular formula is C11H19N5O. The summed E-state index contributed by atoms with van der Waals surface area (Å²) in [6.45, 7) is 7.86. The monoisotopic (exact) mass is 237 g/mol. The van der Waals surface area contributed by atoms with E-state index in [1.54, 1.807) is 6.20 Å². The Morgan fingerprint density at radius 3 is 3.00 bits per heavy atom. The van der Waals surface area contributed by atoms with E-state index in [0.29, 0.717) is 5.95 Å². The van der Waals surface area contributed by atoms with E-state index < -0.39 is 0 Å². The number of aromatic nitrogens is 2. The maximum Gasteiger partial charge on any atom is 0.239 e. The molecule has 0 aromatic carbocycles. The van der Waals surface area contributed by atoms with Crippen molar-refractivity contribution in [3.63, 3.8) is 0 Å². The molecule has 2 heterocycles. The lowest BCUT2D eigenvalue weighted by atomic mass is 10.1. The Morgan fingerprint density at radius 1 is 1.59 bits per heavy atom. The Balaban J connectivity index is 2.20. The number of morpholine rings is 1. The fraction of sp³-hybridized carbons (Fsp3) is 0.636. The van der Waals surface area contributed by atoms with Crippen LogP contribution in [0.4, 0.5) is 11.8 Å². The number of rotatable bonds is 2. The van der Waals surface area contributed by atoms with Crippen LogP contribution in [0.5, 0.6) is 0 Å². The van der Waals surface area contributed by atoms with Crippen molar-refractivity contribution in [2.75, 3.05) is 23.4 Å². The zero-order chi connectivity index (χ0) is 12.5. The zero-order valence-corrected chi connectivity index (χ0v) is 10.5. The average Bonchev–Trinajstić information content (AvgIpc) is 2.26. The first-order chi connectivity index (χ1) is 8.00. The number of nitrogens with one attached hydrogen (secondary N) is 1. The number of nitrogen functional groups attached to an aromatic ring is 1. The molecule has 1 unspecified atom stereocenters. The molecule has 0 aliphatic carbocycles. The third-order valence-electron chi connectivity index (χ3n) is 2.66. The van der Waals surface area contributed by atoms with Crippen LogP contribution in [0.15, 0.2) is 12.3 Å². The van der Waals surface area contributed by atoms with Gasteiger partial charge in [0.25, 0.3) is 0 Å². The maximum atomic E-state index is 5.86. The summed E-state index contributed by atoms with van der Waals surface area (Å²) in [6, 6.07) is 1.88. The van der Waals surface area contributed by atoms with Crippen LogP contribution in [-0.2, 0) is 4.74 Å². The van der Waals surface area contributed by atoms with E-state index in [1.165, 1.54) is 0 Å². The predicted molar refractivity (Wildman–Crippen MR) is 66.7 cm³/mol. The van der Waals surface area contributed by atoms with Crippen LogP contribution < -0.4 is 16.2 Å². The summed E-state index contributed by atoms with van der Waals surface area (Å²) >= 11 is 0. The summed E-state index contributed by atoms with van der Waals surface area (Å²) in [5.41, 5.74) is 2.29. The second kappa shape index (κ2) is 4.46. The molecule has 0 saturated carbocycles. The lowest BCUT2D eigenvalue weighted by Crippen LogP contribution is -2.52. The third kappa shape index (κ3) is 2.83. The quantitative estimate of drug-likeness (QED) is 0.584. The van der Waals surface area contributed by atoms with E-state index in [9.17, 15) is 0 Å². The molecule has 17 heavy (non-hydrogen) atoms. The maximum absolute atomic E-state index is 5.86. The SMILES string of the molecule is CC1CN(c2ccnc(NN)n2)CC(C)(C)O1. The van der Waals surface area contributed by atoms with Gasteiger partial charge in [0.05, 0.1) is 11.7 Å². The minimum Gasteiger partial charge on any atom is -0.369 e. The number of nitrogens with two attached hydrogens (primary N) is 1. The van der Waals surface area contributed by atoms with Crippen LogP contribution in [0.25, 0.3) is 0 Å². The highest BCUT2D eigenvalue weighted by Gasteiger charge is 2.31. The summed E-state index contributed by atoms with van der Waals surface area (Å²) in [7, 11) is 0. The van der Waals surface area contributed by atoms with Crippen molar-refractivity contribution in [1.29, 1.82) is 0 Å². The van der Waals surface area contributed by atoms with Crippen LogP contribution in [-0.4, -0.2) is 34.8 Å². The molecule has 1 aromatic rings. The Kier molecular flexibility index (Phi) is 3.17. The molecule has 2 rings (SSSR count). The zero-order valence-electron chi connectivity index (χ0n) is 10.5. The smallest absolute Gasteiger partial charge is 0.239 e. The second-order valence-corrected chi connectivity index (χ2v) is 4.95. The van der Waals surface area contributed by atoms with Crippen molar-refractivity contribution in [3.05, 3.63) is 12.3 Å². The van der Waals surface area contributed by atoms with Crippen LogP contribution in [0.3, 0.4) is 0 Å². The normalized spacial score (nSPS) is 23.5. The molecule has 94 valence electrons. The molecule has 3 N–H and O–H groups in total. The largest absolute Gasteiger partial charge is 0.369 e. The minimum absolute atomic E-state index is 0.168. The number of anilines is 2. The van der Waals surface area contributed by atoms with E-state index >= 15 is 0 Å². The number of nitrogens with zero attached hydrogens (tertiary/aromatic N) is 3. The van der Waals surface area contributed by atoms with Gasteiger partial charge in [-0.05, 0) is 26.8 Å². The molecule has 1 saturated heterocycles. The third-order valence-corrected chi connectivity index (χ3v) is 2.66. The molecule has 6 nitrogen and oxygen atoms in total. The van der Waals surface area contributed by atoms with E-state index in [1.807, 2.05) is 6.07 Å². The van der Waals surface area contributed by atoms with Gasteiger partial charge in [0.1, 0.15) is 5.82 Å². The van der Waals surface area contributed by atoms with Gasteiger partial charge in [-0.2, -0.15) is 4.98 Å². The second-order valence-electron chi connectivity index (χ2n) is 4.95. The molecule has 1 fully saturated rings. The van der Waals surface area contributed by atoms with Gasteiger partial charge in [-0.1, -0.05) is 0 Å². The summed E-state index contributed by atoms with van der Waals surface area (Å²) in [4.78, 5) is 10.5. The van der Waals surface area contributed by atoms with Gasteiger partial charge in [-0.15, -0.1) is 0 Å². The molecule has 1 aliphatic heterocycles. The van der Waals surface area contributed by atoms with E-state index in [4.69, 9.17) is 10.6 Å². The fourth-order valence-corrected chi connectivity index (χ4v) is 2.22. The topological polar surface area (TPSA) is 76.3 Å². The van der Waals surface area contributed by atoms with Crippen molar-refractivity contribution < 1.29 is 4.74 Å². The minimum atomic E-state index is -0.168. The molecular weight excluding hydrogens is 218 g/mol. The fourth-order valence-electron chi connectivity index (χ4n) is 2.22. The molecule has 0 radical (unpaired) electrons. The first-order valence-corrected chi connectivity index (χ1v) is 5.72. The Morgan fingerprint density at radius 2 is 2.35 bits per heavy atom. The first kappa shape index (κ1) is 12.1. The van der Waals surface area contributed by atoms with Crippen molar-refractivity contribution in [2.45, 2.75) is 32.5 Å². The molecule has 0 bridgehead atoms. The standard InChI is InChI=1S/C11H19N5O/c1-8-6-16(7-11(2,3)17-8)9-4-5-13-10(14-9)15-12/h4-5,8H,6-7,12H2,1-3H3,(H,13,14,15). The van der Waals surface area contributed by atoms with Gasteiger partial charge >= 0.3 is 0 Å². The summed E-state index contributed by atoms with van der Waals surface area (Å²) in [6.07, 6.45) is 1.88. The molecule has 1 aliphatic rings. The Hall–Kier alpha value is -1.40. The number of hydrogen-bond donors (Lipinski definition) is 2. The van der Waals surface area contributed by atoms with Gasteiger partial charge in [0.15, 0.2) is 0 Å². The lowest BCUT2D eigenvalue weighted by molar-refractivity contribution is -0.0751. The molecule has 0 spiro atoms. The lowest BCUT2D eigenvalue weighted by Gasteiger charge is -2.42. The van der Waals surface area contributed by atoms with Crippen LogP contribution in [0.1, 0.15) is 20.8 Å². The van der Waals surface area contributed by atoms with Crippen LogP contribution in [0, 0.1) is 0 Å². The number of hydrazine groups is 1. The van der Waals surface area contributed by atoms with Crippen molar-refractivity contribution in [1.82, 2.24) is 9.97 Å². The van der Waals surface area contributed by atoms with Gasteiger partial charge in [0, 0.05) is 19.3 Å². The highest BCUT2D eigenvalue weighted by atomic mass is 16.5. The highest BCUT2D eigenvalue weighted by Crippen LogP contribution is 2.24. The molecule has 1 atom stereocenters. The highest BCUT2D eigenvalue weighted by molar-refractivity contribution is 5.43. The average molecular weight is 237 g/mol. The van der Waals surface area contributed by atoms with E-state index in [0.717, 1.165) is 18.9 Å². The van der Waals surface area contributed by atoms with E-state index in [-0.39, 0.29) is 11.7 Å². The van der Waals surface area contributed by atoms with Gasteiger partial charge in [0.2, 0.25) is 5.95 Å². The summed E-state index contributed by atoms with van der Waals surface area (Å²) in [5.74, 6) is 6.61. The van der Waals surface area contributed by atoms with E-state index in [2.05, 4.69) is 41.1 Å². The summed E-state index contributed by atoms with van der Waals surface area (Å²) in [5, 5.41) is 0. The van der Waals surface area contributed by atoms with Crippen molar-refractivity contribution >= 4 is 11.8 Å². The Labute approximate surface area is 101 Å². The predicted octanol–water partition coefficient (Wildman–Crippen LogP) is 0.766. The molecule has 0 amide bonds. The number of ether oxygens (including phenoxy) is 1. The van der Waals surface area contributed by atoms with Crippen molar-refractivity contribution in [3.8, 4) is 0 Å². The van der Waals surface area contributed by atoms with Gasteiger partial charge in [-0.25, -0.2) is 10.8 Å².